The Labute approximate surface area is 95.4 Å². The van der Waals surface area contributed by atoms with Crippen LogP contribution in [0.2, 0.25) is 5.02 Å². The van der Waals surface area contributed by atoms with Crippen molar-refractivity contribution in [1.82, 2.24) is 0 Å². The van der Waals surface area contributed by atoms with E-state index in [1.807, 2.05) is 19.9 Å². The smallest absolute Gasteiger partial charge is 0.163 e. The summed E-state index contributed by atoms with van der Waals surface area (Å²) in [5.74, 6) is 0.663. The van der Waals surface area contributed by atoms with E-state index in [-0.39, 0.29) is 5.78 Å². The number of hydrogen-bond acceptors (Lipinski definition) is 1. The summed E-state index contributed by atoms with van der Waals surface area (Å²) in [6, 6.07) is 1.98. The van der Waals surface area contributed by atoms with E-state index in [9.17, 15) is 4.79 Å². The Bertz CT molecular complexity index is 435. The van der Waals surface area contributed by atoms with Gasteiger partial charge >= 0.3 is 0 Å². The Balaban J connectivity index is 2.76. The predicted octanol–water partition coefficient (Wildman–Crippen LogP) is 4.04. The molecule has 0 bridgehead atoms. The molecule has 0 amide bonds. The van der Waals surface area contributed by atoms with E-state index in [0.717, 1.165) is 33.7 Å². The molecule has 0 saturated heterocycles. The lowest BCUT2D eigenvalue weighted by Gasteiger charge is -2.25. The van der Waals surface area contributed by atoms with Crippen LogP contribution < -0.4 is 0 Å². The molecule has 1 aromatic rings. The summed E-state index contributed by atoms with van der Waals surface area (Å²) < 4.78 is 0. The first kappa shape index (κ1) is 10.7. The van der Waals surface area contributed by atoms with Gasteiger partial charge in [0.25, 0.3) is 0 Å². The number of hydrogen-bond donors (Lipinski definition) is 0. The molecular formula is C13H15ClO. The normalized spacial score (nSPS) is 20.3. The number of aryl methyl sites for hydroxylation is 1. The Morgan fingerprint density at radius 1 is 1.40 bits per heavy atom. The third-order valence-corrected chi connectivity index (χ3v) is 3.73. The first-order valence-corrected chi connectivity index (χ1v) is 5.73. The largest absolute Gasteiger partial charge is 0.294 e. The number of rotatable bonds is 0. The van der Waals surface area contributed by atoms with Gasteiger partial charge in [0.15, 0.2) is 5.78 Å². The van der Waals surface area contributed by atoms with Crippen molar-refractivity contribution in [3.8, 4) is 0 Å². The molecule has 0 saturated carbocycles. The maximum Gasteiger partial charge on any atom is 0.163 e. The van der Waals surface area contributed by atoms with Gasteiger partial charge in [-0.25, -0.2) is 0 Å². The summed E-state index contributed by atoms with van der Waals surface area (Å²) >= 11 is 6.23. The minimum Gasteiger partial charge on any atom is -0.294 e. The van der Waals surface area contributed by atoms with Gasteiger partial charge in [0.2, 0.25) is 0 Å². The van der Waals surface area contributed by atoms with Crippen LogP contribution in [0.5, 0.6) is 0 Å². The van der Waals surface area contributed by atoms with Gasteiger partial charge in [0.05, 0.1) is 0 Å². The Kier molecular flexibility index (Phi) is 2.59. The lowest BCUT2D eigenvalue weighted by Crippen LogP contribution is -2.16. The molecule has 0 fully saturated rings. The zero-order valence-electron chi connectivity index (χ0n) is 9.36. The van der Waals surface area contributed by atoms with Gasteiger partial charge in [-0.15, -0.1) is 0 Å². The standard InChI is InChI=1S/C13H15ClO/c1-7-4-5-11(15)13-9(3)8(2)6-10(14)12(7)13/h6-7H,4-5H2,1-3H3. The summed E-state index contributed by atoms with van der Waals surface area (Å²) in [6.45, 7) is 6.17. The summed E-state index contributed by atoms with van der Waals surface area (Å²) in [6.07, 6.45) is 1.59. The summed E-state index contributed by atoms with van der Waals surface area (Å²) in [4.78, 5) is 11.9. The van der Waals surface area contributed by atoms with Gasteiger partial charge in [-0.05, 0) is 48.9 Å². The minimum atomic E-state index is 0.256. The number of fused-ring (bicyclic) bond motifs is 1. The van der Waals surface area contributed by atoms with Crippen molar-refractivity contribution in [3.05, 3.63) is 33.3 Å². The van der Waals surface area contributed by atoms with E-state index in [0.29, 0.717) is 12.3 Å². The van der Waals surface area contributed by atoms with Gasteiger partial charge < -0.3 is 0 Å². The van der Waals surface area contributed by atoms with E-state index in [4.69, 9.17) is 11.6 Å². The van der Waals surface area contributed by atoms with Crippen molar-refractivity contribution in [2.75, 3.05) is 0 Å². The van der Waals surface area contributed by atoms with Crippen molar-refractivity contribution in [3.63, 3.8) is 0 Å². The molecule has 2 rings (SSSR count). The third kappa shape index (κ3) is 1.59. The zero-order valence-corrected chi connectivity index (χ0v) is 10.1. The fraction of sp³-hybridized carbons (Fsp3) is 0.462. The number of halogens is 1. The van der Waals surface area contributed by atoms with Crippen LogP contribution in [0, 0.1) is 13.8 Å². The average Bonchev–Trinajstić information content (AvgIpc) is 2.18. The molecule has 0 heterocycles. The van der Waals surface area contributed by atoms with E-state index < -0.39 is 0 Å². The second-order valence-electron chi connectivity index (χ2n) is 4.45. The Hall–Kier alpha value is -0.820. The van der Waals surface area contributed by atoms with Crippen LogP contribution in [-0.4, -0.2) is 5.78 Å². The quantitative estimate of drug-likeness (QED) is 0.648. The minimum absolute atomic E-state index is 0.256. The van der Waals surface area contributed by atoms with Crippen LogP contribution in [0.25, 0.3) is 0 Å². The maximum atomic E-state index is 11.9. The van der Waals surface area contributed by atoms with Crippen molar-refractivity contribution < 1.29 is 4.79 Å². The monoisotopic (exact) mass is 222 g/mol. The van der Waals surface area contributed by atoms with Crippen LogP contribution in [0.15, 0.2) is 6.07 Å². The molecule has 1 nitrogen and oxygen atoms in total. The molecular weight excluding hydrogens is 208 g/mol. The number of ketones is 1. The van der Waals surface area contributed by atoms with Gasteiger partial charge in [-0.1, -0.05) is 18.5 Å². The highest BCUT2D eigenvalue weighted by atomic mass is 35.5. The number of benzene rings is 1. The maximum absolute atomic E-state index is 11.9. The summed E-state index contributed by atoms with van der Waals surface area (Å²) in [7, 11) is 0. The highest BCUT2D eigenvalue weighted by molar-refractivity contribution is 6.32. The van der Waals surface area contributed by atoms with Crippen molar-refractivity contribution >= 4 is 17.4 Å². The second-order valence-corrected chi connectivity index (χ2v) is 4.86. The van der Waals surface area contributed by atoms with Gasteiger partial charge in [-0.2, -0.15) is 0 Å². The molecule has 2 heteroatoms. The van der Waals surface area contributed by atoms with E-state index in [1.54, 1.807) is 0 Å². The Morgan fingerprint density at radius 3 is 2.73 bits per heavy atom. The lowest BCUT2D eigenvalue weighted by molar-refractivity contribution is 0.0967. The van der Waals surface area contributed by atoms with Gasteiger partial charge in [0.1, 0.15) is 0 Å². The van der Waals surface area contributed by atoms with Crippen LogP contribution in [0.4, 0.5) is 0 Å². The van der Waals surface area contributed by atoms with Crippen LogP contribution in [0.3, 0.4) is 0 Å². The Morgan fingerprint density at radius 2 is 2.07 bits per heavy atom. The fourth-order valence-electron chi connectivity index (χ4n) is 2.35. The molecule has 1 aliphatic rings. The molecule has 0 N–H and O–H groups in total. The molecule has 1 aliphatic carbocycles. The van der Waals surface area contributed by atoms with Gasteiger partial charge in [0, 0.05) is 17.0 Å². The first-order chi connectivity index (χ1) is 7.02. The molecule has 80 valence electrons. The lowest BCUT2D eigenvalue weighted by atomic mass is 9.80. The molecule has 1 aromatic carbocycles. The van der Waals surface area contributed by atoms with Crippen LogP contribution >= 0.6 is 11.6 Å². The molecule has 1 atom stereocenters. The first-order valence-electron chi connectivity index (χ1n) is 5.35. The van der Waals surface area contributed by atoms with E-state index in [2.05, 4.69) is 6.92 Å². The molecule has 0 radical (unpaired) electrons. The summed E-state index contributed by atoms with van der Waals surface area (Å²) in [5.41, 5.74) is 4.17. The number of Topliss-reactive ketones (excluding diaryl/α,β-unsaturated/α-hetero) is 1. The highest BCUT2D eigenvalue weighted by Gasteiger charge is 2.27. The number of carbonyl (C=O) groups excluding carboxylic acids is 1. The highest BCUT2D eigenvalue weighted by Crippen LogP contribution is 2.38. The van der Waals surface area contributed by atoms with Gasteiger partial charge in [-0.3, -0.25) is 4.79 Å². The summed E-state index contributed by atoms with van der Waals surface area (Å²) in [5, 5.41) is 0.758. The van der Waals surface area contributed by atoms with Crippen molar-refractivity contribution in [2.45, 2.75) is 39.5 Å². The SMILES string of the molecule is Cc1cc(Cl)c2c(c1C)C(=O)CCC2C. The molecule has 0 spiro atoms. The van der Waals surface area contributed by atoms with Crippen molar-refractivity contribution in [1.29, 1.82) is 0 Å². The van der Waals surface area contributed by atoms with E-state index >= 15 is 0 Å². The zero-order chi connectivity index (χ0) is 11.2. The average molecular weight is 223 g/mol. The van der Waals surface area contributed by atoms with Crippen molar-refractivity contribution in [2.24, 2.45) is 0 Å². The van der Waals surface area contributed by atoms with Crippen LogP contribution in [0.1, 0.15) is 52.7 Å². The predicted molar refractivity (Wildman–Crippen MR) is 62.9 cm³/mol. The molecule has 0 aliphatic heterocycles. The van der Waals surface area contributed by atoms with E-state index in [1.165, 1.54) is 0 Å². The molecule has 0 aromatic heterocycles. The second kappa shape index (κ2) is 3.64. The fourth-order valence-corrected chi connectivity index (χ4v) is 2.80. The molecule has 1 unspecified atom stereocenters. The third-order valence-electron chi connectivity index (χ3n) is 3.41. The number of carbonyl (C=O) groups is 1. The van der Waals surface area contributed by atoms with Crippen LogP contribution in [-0.2, 0) is 0 Å². The topological polar surface area (TPSA) is 17.1 Å². The molecule has 15 heavy (non-hydrogen) atoms.